The van der Waals surface area contributed by atoms with Gasteiger partial charge in [-0.25, -0.2) is 0 Å². The van der Waals surface area contributed by atoms with Gasteiger partial charge in [-0.05, 0) is 37.3 Å². The highest BCUT2D eigenvalue weighted by Gasteiger charge is 2.20. The monoisotopic (exact) mass is 190 g/mol. The lowest BCUT2D eigenvalue weighted by atomic mass is 10.1. The third kappa shape index (κ3) is 2.50. The smallest absolute Gasteiger partial charge is 0.122 e. The van der Waals surface area contributed by atoms with Gasteiger partial charge in [0.2, 0.25) is 0 Å². The summed E-state index contributed by atoms with van der Waals surface area (Å²) in [4.78, 5) is 0. The Morgan fingerprint density at radius 3 is 2.79 bits per heavy atom. The van der Waals surface area contributed by atoms with E-state index in [4.69, 9.17) is 4.74 Å². The first kappa shape index (κ1) is 9.57. The quantitative estimate of drug-likeness (QED) is 0.691. The average molecular weight is 190 g/mol. The molecule has 0 N–H and O–H groups in total. The predicted molar refractivity (Wildman–Crippen MR) is 58.7 cm³/mol. The fraction of sp³-hybridized carbons (Fsp3) is 0.538. The van der Waals surface area contributed by atoms with Crippen LogP contribution in [0.25, 0.3) is 0 Å². The Hall–Kier alpha value is -0.980. The van der Waals surface area contributed by atoms with Crippen molar-refractivity contribution in [1.29, 1.82) is 0 Å². The van der Waals surface area contributed by atoms with Crippen LogP contribution in [-0.4, -0.2) is 6.61 Å². The number of aryl methyl sites for hydroxylation is 1. The molecule has 1 fully saturated rings. The van der Waals surface area contributed by atoms with Crippen LogP contribution in [-0.2, 0) is 6.42 Å². The van der Waals surface area contributed by atoms with Crippen LogP contribution in [0.4, 0.5) is 0 Å². The van der Waals surface area contributed by atoms with Crippen LogP contribution in [0.15, 0.2) is 24.3 Å². The molecule has 0 atom stereocenters. The summed E-state index contributed by atoms with van der Waals surface area (Å²) < 4.78 is 5.59. The van der Waals surface area contributed by atoms with E-state index in [1.807, 2.05) is 13.0 Å². The molecule has 0 aliphatic heterocycles. The van der Waals surface area contributed by atoms with E-state index in [1.54, 1.807) is 0 Å². The first-order valence-corrected chi connectivity index (χ1v) is 5.61. The lowest BCUT2D eigenvalue weighted by Crippen LogP contribution is -1.96. The molecule has 0 heterocycles. The number of benzene rings is 1. The van der Waals surface area contributed by atoms with Gasteiger partial charge in [0.1, 0.15) is 5.75 Å². The average Bonchev–Trinajstić information content (AvgIpc) is 3.01. The summed E-state index contributed by atoms with van der Waals surface area (Å²) >= 11 is 0. The SMILES string of the molecule is CCOc1ccccc1CCC1CC1. The van der Waals surface area contributed by atoms with Gasteiger partial charge in [0, 0.05) is 0 Å². The maximum atomic E-state index is 5.59. The predicted octanol–water partition coefficient (Wildman–Crippen LogP) is 3.43. The van der Waals surface area contributed by atoms with Gasteiger partial charge in [-0.1, -0.05) is 31.0 Å². The Morgan fingerprint density at radius 2 is 2.07 bits per heavy atom. The van der Waals surface area contributed by atoms with Crippen molar-refractivity contribution in [2.45, 2.75) is 32.6 Å². The normalized spacial score (nSPS) is 15.5. The van der Waals surface area contributed by atoms with Gasteiger partial charge < -0.3 is 4.74 Å². The molecule has 1 aromatic carbocycles. The molecule has 0 radical (unpaired) electrons. The van der Waals surface area contributed by atoms with Crippen molar-refractivity contribution < 1.29 is 4.74 Å². The molecule has 1 aliphatic rings. The summed E-state index contributed by atoms with van der Waals surface area (Å²) in [6.45, 7) is 2.80. The number of para-hydroxylation sites is 1. The van der Waals surface area contributed by atoms with Crippen molar-refractivity contribution in [1.82, 2.24) is 0 Å². The van der Waals surface area contributed by atoms with Crippen molar-refractivity contribution >= 4 is 0 Å². The standard InChI is InChI=1S/C13H18O/c1-2-14-13-6-4-3-5-12(13)10-9-11-7-8-11/h3-6,11H,2,7-10H2,1H3. The minimum atomic E-state index is 0.764. The zero-order valence-corrected chi connectivity index (χ0v) is 8.83. The zero-order valence-electron chi connectivity index (χ0n) is 8.83. The second-order valence-electron chi connectivity index (χ2n) is 4.02. The minimum absolute atomic E-state index is 0.764. The third-order valence-corrected chi connectivity index (χ3v) is 2.79. The Bertz CT molecular complexity index is 289. The topological polar surface area (TPSA) is 9.23 Å². The van der Waals surface area contributed by atoms with Gasteiger partial charge in [0.15, 0.2) is 0 Å². The van der Waals surface area contributed by atoms with E-state index >= 15 is 0 Å². The molecule has 0 aromatic heterocycles. The molecule has 0 bridgehead atoms. The summed E-state index contributed by atoms with van der Waals surface area (Å²) in [5.41, 5.74) is 1.38. The highest BCUT2D eigenvalue weighted by molar-refractivity contribution is 5.33. The van der Waals surface area contributed by atoms with Crippen LogP contribution in [0.5, 0.6) is 5.75 Å². The summed E-state index contributed by atoms with van der Waals surface area (Å²) in [5.74, 6) is 2.08. The van der Waals surface area contributed by atoms with E-state index in [1.165, 1.54) is 31.2 Å². The zero-order chi connectivity index (χ0) is 9.80. The van der Waals surface area contributed by atoms with Crippen LogP contribution in [0.3, 0.4) is 0 Å². The van der Waals surface area contributed by atoms with E-state index in [9.17, 15) is 0 Å². The van der Waals surface area contributed by atoms with Gasteiger partial charge in [-0.15, -0.1) is 0 Å². The molecule has 1 nitrogen and oxygen atoms in total. The second kappa shape index (κ2) is 4.50. The molecular formula is C13H18O. The largest absolute Gasteiger partial charge is 0.494 e. The molecule has 1 saturated carbocycles. The number of hydrogen-bond donors (Lipinski definition) is 0. The van der Waals surface area contributed by atoms with Gasteiger partial charge in [0.25, 0.3) is 0 Å². The molecule has 0 amide bonds. The molecule has 1 aliphatic carbocycles. The Morgan fingerprint density at radius 1 is 1.29 bits per heavy atom. The van der Waals surface area contributed by atoms with Gasteiger partial charge >= 0.3 is 0 Å². The molecule has 1 aromatic rings. The Kier molecular flexibility index (Phi) is 3.07. The molecule has 0 saturated heterocycles. The van der Waals surface area contributed by atoms with Crippen molar-refractivity contribution in [2.24, 2.45) is 5.92 Å². The van der Waals surface area contributed by atoms with Crippen LogP contribution in [0.2, 0.25) is 0 Å². The van der Waals surface area contributed by atoms with Crippen molar-refractivity contribution in [3.05, 3.63) is 29.8 Å². The molecule has 76 valence electrons. The van der Waals surface area contributed by atoms with Crippen LogP contribution in [0.1, 0.15) is 31.7 Å². The third-order valence-electron chi connectivity index (χ3n) is 2.79. The second-order valence-corrected chi connectivity index (χ2v) is 4.02. The van der Waals surface area contributed by atoms with Gasteiger partial charge in [-0.3, -0.25) is 0 Å². The number of ether oxygens (including phenoxy) is 1. The molecule has 2 rings (SSSR count). The summed E-state index contributed by atoms with van der Waals surface area (Å²) in [6.07, 6.45) is 5.40. The maximum Gasteiger partial charge on any atom is 0.122 e. The molecule has 0 spiro atoms. The van der Waals surface area contributed by atoms with E-state index < -0.39 is 0 Å². The molecule has 14 heavy (non-hydrogen) atoms. The number of hydrogen-bond acceptors (Lipinski definition) is 1. The summed E-state index contributed by atoms with van der Waals surface area (Å²) in [6, 6.07) is 8.41. The fourth-order valence-electron chi connectivity index (χ4n) is 1.77. The highest BCUT2D eigenvalue weighted by Crippen LogP contribution is 2.34. The van der Waals surface area contributed by atoms with Gasteiger partial charge in [0.05, 0.1) is 6.61 Å². The van der Waals surface area contributed by atoms with Crippen LogP contribution >= 0.6 is 0 Å². The van der Waals surface area contributed by atoms with Crippen molar-refractivity contribution in [3.63, 3.8) is 0 Å². The van der Waals surface area contributed by atoms with Crippen LogP contribution < -0.4 is 4.74 Å². The maximum absolute atomic E-state index is 5.59. The van der Waals surface area contributed by atoms with Crippen molar-refractivity contribution in [2.75, 3.05) is 6.61 Å². The van der Waals surface area contributed by atoms with E-state index in [0.29, 0.717) is 0 Å². The molecule has 0 unspecified atom stereocenters. The Labute approximate surface area is 86.1 Å². The highest BCUT2D eigenvalue weighted by atomic mass is 16.5. The molecule has 1 heteroatoms. The lowest BCUT2D eigenvalue weighted by molar-refractivity contribution is 0.336. The first-order chi connectivity index (χ1) is 6.90. The van der Waals surface area contributed by atoms with Crippen LogP contribution in [0, 0.1) is 5.92 Å². The molecular weight excluding hydrogens is 172 g/mol. The summed E-state index contributed by atoms with van der Waals surface area (Å²) in [5, 5.41) is 0. The van der Waals surface area contributed by atoms with E-state index in [2.05, 4.69) is 18.2 Å². The first-order valence-electron chi connectivity index (χ1n) is 5.61. The van der Waals surface area contributed by atoms with Crippen molar-refractivity contribution in [3.8, 4) is 5.75 Å². The van der Waals surface area contributed by atoms with Gasteiger partial charge in [-0.2, -0.15) is 0 Å². The van der Waals surface area contributed by atoms with E-state index in [0.717, 1.165) is 18.3 Å². The summed E-state index contributed by atoms with van der Waals surface area (Å²) in [7, 11) is 0. The number of rotatable bonds is 5. The Balaban J connectivity index is 1.97. The van der Waals surface area contributed by atoms with E-state index in [-0.39, 0.29) is 0 Å². The minimum Gasteiger partial charge on any atom is -0.494 e. The fourth-order valence-corrected chi connectivity index (χ4v) is 1.77. The lowest BCUT2D eigenvalue weighted by Gasteiger charge is -2.09.